The molecule has 1 fully saturated rings. The third-order valence-corrected chi connectivity index (χ3v) is 3.51. The van der Waals surface area contributed by atoms with Crippen molar-refractivity contribution in [1.82, 2.24) is 15.8 Å². The number of nitrogens with zero attached hydrogens (tertiary/aromatic N) is 1. The van der Waals surface area contributed by atoms with Crippen LogP contribution in [0.3, 0.4) is 0 Å². The van der Waals surface area contributed by atoms with Gasteiger partial charge >= 0.3 is 0 Å². The van der Waals surface area contributed by atoms with Gasteiger partial charge in [0.15, 0.2) is 0 Å². The molecule has 0 radical (unpaired) electrons. The van der Waals surface area contributed by atoms with E-state index in [1.165, 1.54) is 25.7 Å². The van der Waals surface area contributed by atoms with E-state index >= 15 is 0 Å². The molecule has 4 heteroatoms. The van der Waals surface area contributed by atoms with Gasteiger partial charge in [0.05, 0.1) is 0 Å². The van der Waals surface area contributed by atoms with Crippen molar-refractivity contribution in [3.05, 3.63) is 0 Å². The molecule has 17 heavy (non-hydrogen) atoms. The minimum atomic E-state index is 0.145. The van der Waals surface area contributed by atoms with Crippen molar-refractivity contribution in [3.8, 4) is 0 Å². The summed E-state index contributed by atoms with van der Waals surface area (Å²) < 4.78 is 0. The Morgan fingerprint density at radius 2 is 2.00 bits per heavy atom. The lowest BCUT2D eigenvalue weighted by Crippen LogP contribution is -2.40. The molecule has 0 aromatic heterocycles. The minimum Gasteiger partial charge on any atom is -0.342 e. The lowest BCUT2D eigenvalue weighted by atomic mass is 9.91. The van der Waals surface area contributed by atoms with Crippen molar-refractivity contribution in [2.75, 3.05) is 26.7 Å². The van der Waals surface area contributed by atoms with Crippen molar-refractivity contribution >= 4 is 5.91 Å². The molecule has 1 aliphatic rings. The molecule has 0 bridgehead atoms. The number of hydrogen-bond acceptors (Lipinski definition) is 3. The number of hydrogen-bond donors (Lipinski definition) is 2. The van der Waals surface area contributed by atoms with E-state index in [4.69, 9.17) is 0 Å². The number of piperidine rings is 1. The molecule has 0 aromatic rings. The van der Waals surface area contributed by atoms with Crippen LogP contribution in [0.2, 0.25) is 0 Å². The van der Waals surface area contributed by atoms with Gasteiger partial charge in [-0.3, -0.25) is 15.6 Å². The van der Waals surface area contributed by atoms with Gasteiger partial charge in [-0.2, -0.15) is 0 Å². The van der Waals surface area contributed by atoms with Crippen LogP contribution >= 0.6 is 0 Å². The number of hydrazine groups is 1. The molecule has 4 nitrogen and oxygen atoms in total. The van der Waals surface area contributed by atoms with E-state index in [0.717, 1.165) is 25.6 Å². The minimum absolute atomic E-state index is 0.145. The standard InChI is InChI=1S/C13H27N3O/c1-11(2)13(17)16-9-6-12(7-10-16)5-4-8-15-14-3/h11-12,14-15H,4-10H2,1-3H3. The highest BCUT2D eigenvalue weighted by atomic mass is 16.2. The van der Waals surface area contributed by atoms with Gasteiger partial charge in [-0.25, -0.2) is 0 Å². The van der Waals surface area contributed by atoms with Gasteiger partial charge in [-0.1, -0.05) is 13.8 Å². The smallest absolute Gasteiger partial charge is 0.225 e. The number of likely N-dealkylation sites (tertiary alicyclic amines) is 1. The zero-order valence-corrected chi connectivity index (χ0v) is 11.5. The summed E-state index contributed by atoms with van der Waals surface area (Å²) in [4.78, 5) is 13.8. The Morgan fingerprint density at radius 3 is 2.53 bits per heavy atom. The van der Waals surface area contributed by atoms with Crippen LogP contribution in [0.5, 0.6) is 0 Å². The molecular formula is C13H27N3O. The second kappa shape index (κ2) is 7.67. The number of carbonyl (C=O) groups excluding carboxylic acids is 1. The summed E-state index contributed by atoms with van der Waals surface area (Å²) in [7, 11) is 1.90. The summed E-state index contributed by atoms with van der Waals surface area (Å²) in [5.74, 6) is 1.27. The second-order valence-corrected chi connectivity index (χ2v) is 5.24. The summed E-state index contributed by atoms with van der Waals surface area (Å²) in [5.41, 5.74) is 6.05. The van der Waals surface area contributed by atoms with Crippen LogP contribution in [0.1, 0.15) is 39.5 Å². The maximum Gasteiger partial charge on any atom is 0.225 e. The van der Waals surface area contributed by atoms with E-state index in [-0.39, 0.29) is 5.92 Å². The SMILES string of the molecule is CNNCCCC1CCN(C(=O)C(C)C)CC1. The first-order valence-electron chi connectivity index (χ1n) is 6.83. The van der Waals surface area contributed by atoms with Crippen LogP contribution in [-0.2, 0) is 4.79 Å². The first-order chi connectivity index (χ1) is 8.15. The quantitative estimate of drug-likeness (QED) is 0.545. The first kappa shape index (κ1) is 14.5. The van der Waals surface area contributed by atoms with Gasteiger partial charge in [-0.15, -0.1) is 0 Å². The normalized spacial score (nSPS) is 17.8. The summed E-state index contributed by atoms with van der Waals surface area (Å²) in [6, 6.07) is 0. The van der Waals surface area contributed by atoms with E-state index in [1.807, 2.05) is 25.8 Å². The molecule has 0 spiro atoms. The van der Waals surface area contributed by atoms with Gasteiger partial charge in [0.1, 0.15) is 0 Å². The largest absolute Gasteiger partial charge is 0.342 e. The molecule has 0 aliphatic carbocycles. The predicted molar refractivity (Wildman–Crippen MR) is 70.4 cm³/mol. The van der Waals surface area contributed by atoms with Crippen molar-refractivity contribution in [2.45, 2.75) is 39.5 Å². The number of carbonyl (C=O) groups is 1. The first-order valence-corrected chi connectivity index (χ1v) is 6.83. The van der Waals surface area contributed by atoms with Crippen LogP contribution < -0.4 is 10.9 Å². The Hall–Kier alpha value is -0.610. The Labute approximate surface area is 105 Å². The highest BCUT2D eigenvalue weighted by Gasteiger charge is 2.23. The van der Waals surface area contributed by atoms with Crippen molar-refractivity contribution in [3.63, 3.8) is 0 Å². The number of rotatable bonds is 6. The molecular weight excluding hydrogens is 214 g/mol. The van der Waals surface area contributed by atoms with E-state index in [1.54, 1.807) is 0 Å². The monoisotopic (exact) mass is 241 g/mol. The Balaban J connectivity index is 2.15. The van der Waals surface area contributed by atoms with Gasteiger partial charge in [0, 0.05) is 25.6 Å². The van der Waals surface area contributed by atoms with Crippen LogP contribution in [0.4, 0.5) is 0 Å². The van der Waals surface area contributed by atoms with E-state index in [2.05, 4.69) is 10.9 Å². The average Bonchev–Trinajstić information content (AvgIpc) is 2.34. The fourth-order valence-electron chi connectivity index (χ4n) is 2.41. The molecule has 1 amide bonds. The molecule has 100 valence electrons. The Kier molecular flexibility index (Phi) is 6.52. The van der Waals surface area contributed by atoms with Gasteiger partial charge in [0.25, 0.3) is 0 Å². The van der Waals surface area contributed by atoms with E-state index in [0.29, 0.717) is 5.91 Å². The lowest BCUT2D eigenvalue weighted by molar-refractivity contribution is -0.135. The highest BCUT2D eigenvalue weighted by molar-refractivity contribution is 5.78. The summed E-state index contributed by atoms with van der Waals surface area (Å²) in [6.45, 7) is 6.92. The van der Waals surface area contributed by atoms with Crippen LogP contribution in [0, 0.1) is 11.8 Å². The second-order valence-electron chi connectivity index (χ2n) is 5.24. The highest BCUT2D eigenvalue weighted by Crippen LogP contribution is 2.22. The number of nitrogens with one attached hydrogen (secondary N) is 2. The van der Waals surface area contributed by atoms with Crippen molar-refractivity contribution in [2.24, 2.45) is 11.8 Å². The molecule has 0 atom stereocenters. The maximum absolute atomic E-state index is 11.8. The third kappa shape index (κ3) is 5.04. The van der Waals surface area contributed by atoms with Gasteiger partial charge < -0.3 is 4.90 Å². The topological polar surface area (TPSA) is 44.4 Å². The molecule has 2 N–H and O–H groups in total. The summed E-state index contributed by atoms with van der Waals surface area (Å²) >= 11 is 0. The molecule has 0 saturated carbocycles. The molecule has 1 heterocycles. The van der Waals surface area contributed by atoms with Crippen molar-refractivity contribution in [1.29, 1.82) is 0 Å². The summed E-state index contributed by atoms with van der Waals surface area (Å²) in [5, 5.41) is 0. The molecule has 1 saturated heterocycles. The van der Waals surface area contributed by atoms with E-state index < -0.39 is 0 Å². The van der Waals surface area contributed by atoms with Gasteiger partial charge in [-0.05, 0) is 38.6 Å². The van der Waals surface area contributed by atoms with Crippen LogP contribution in [0.25, 0.3) is 0 Å². The lowest BCUT2D eigenvalue weighted by Gasteiger charge is -2.33. The fraction of sp³-hybridized carbons (Fsp3) is 0.923. The molecule has 1 aliphatic heterocycles. The van der Waals surface area contributed by atoms with Gasteiger partial charge in [0.2, 0.25) is 5.91 Å². The molecule has 0 unspecified atom stereocenters. The van der Waals surface area contributed by atoms with Crippen molar-refractivity contribution < 1.29 is 4.79 Å². The zero-order valence-electron chi connectivity index (χ0n) is 11.5. The Bertz CT molecular complexity index is 223. The van der Waals surface area contributed by atoms with E-state index in [9.17, 15) is 4.79 Å². The average molecular weight is 241 g/mol. The molecule has 1 rings (SSSR count). The third-order valence-electron chi connectivity index (χ3n) is 3.51. The van der Waals surface area contributed by atoms with Crippen LogP contribution in [0.15, 0.2) is 0 Å². The zero-order chi connectivity index (χ0) is 12.7. The van der Waals surface area contributed by atoms with Crippen LogP contribution in [-0.4, -0.2) is 37.5 Å². The fourth-order valence-corrected chi connectivity index (χ4v) is 2.41. The summed E-state index contributed by atoms with van der Waals surface area (Å²) in [6.07, 6.45) is 4.85. The number of amides is 1. The molecule has 0 aromatic carbocycles. The Morgan fingerprint density at radius 1 is 1.35 bits per heavy atom. The maximum atomic E-state index is 11.8. The predicted octanol–water partition coefficient (Wildman–Crippen LogP) is 1.39.